The third-order valence-corrected chi connectivity index (χ3v) is 23.2. The van der Waals surface area contributed by atoms with Crippen LogP contribution in [0.3, 0.4) is 0 Å². The average Bonchev–Trinajstić information content (AvgIpc) is 4.35. The number of hydrogen-bond donors (Lipinski definition) is 0. The Morgan fingerprint density at radius 2 is 0.740 bits per heavy atom. The van der Waals surface area contributed by atoms with Crippen molar-refractivity contribution in [3.05, 3.63) is 155 Å². The monoisotopic (exact) mass is 1010 g/mol. The second-order valence-corrected chi connectivity index (χ2v) is 27.9. The fourth-order valence-corrected chi connectivity index (χ4v) is 17.8. The minimum atomic E-state index is 0.413. The van der Waals surface area contributed by atoms with Crippen LogP contribution in [0, 0.1) is 57.7 Å². The highest BCUT2D eigenvalue weighted by molar-refractivity contribution is 6.05. The smallest absolute Gasteiger partial charge is 0.0972 e. The average molecular weight is 1010 g/mol. The first-order chi connectivity index (χ1) is 37.3. The Bertz CT molecular complexity index is 3950. The summed E-state index contributed by atoms with van der Waals surface area (Å²) in [6.45, 7) is 14.6. The van der Waals surface area contributed by atoms with Gasteiger partial charge in [0.2, 0.25) is 0 Å². The largest absolute Gasteiger partial charge is 0.254 e. The molecule has 10 bridgehead atoms. The van der Waals surface area contributed by atoms with Gasteiger partial charge in [-0.15, -0.1) is 0 Å². The molecule has 6 aromatic heterocycles. The Labute approximate surface area is 452 Å². The second-order valence-electron chi connectivity index (χ2n) is 27.9. The minimum Gasteiger partial charge on any atom is -0.254 e. The zero-order valence-corrected chi connectivity index (χ0v) is 45.8. The van der Waals surface area contributed by atoms with Gasteiger partial charge >= 0.3 is 0 Å². The number of allylic oxidation sites excluding steroid dienone is 4. The summed E-state index contributed by atoms with van der Waals surface area (Å²) in [4.78, 5) is 30.6. The van der Waals surface area contributed by atoms with Crippen molar-refractivity contribution in [3.63, 3.8) is 0 Å². The molecule has 77 heavy (non-hydrogen) atoms. The molecule has 0 amide bonds. The maximum Gasteiger partial charge on any atom is 0.0972 e. The van der Waals surface area contributed by atoms with Crippen LogP contribution in [-0.2, 0) is 19.3 Å². The van der Waals surface area contributed by atoms with E-state index < -0.39 is 0 Å². The topological polar surface area (TPSA) is 77.3 Å². The molecule has 4 unspecified atom stereocenters. The summed E-state index contributed by atoms with van der Waals surface area (Å²) in [6, 6.07) is 33.6. The van der Waals surface area contributed by atoms with Gasteiger partial charge in [0.25, 0.3) is 0 Å². The number of pyridine rings is 6. The van der Waals surface area contributed by atoms with E-state index in [1.807, 2.05) is 12.3 Å². The van der Waals surface area contributed by atoms with Crippen LogP contribution < -0.4 is 0 Å². The summed E-state index contributed by atoms with van der Waals surface area (Å²) in [6.07, 6.45) is 22.5. The van der Waals surface area contributed by atoms with Crippen LogP contribution in [0.4, 0.5) is 0 Å². The van der Waals surface area contributed by atoms with Crippen molar-refractivity contribution in [2.45, 2.75) is 136 Å². The van der Waals surface area contributed by atoms with Crippen LogP contribution in [0.1, 0.15) is 162 Å². The van der Waals surface area contributed by atoms with E-state index in [4.69, 9.17) is 24.9 Å². The normalized spacial score (nSPS) is 30.1. The molecule has 9 aromatic rings. The van der Waals surface area contributed by atoms with Crippen molar-refractivity contribution in [2.75, 3.05) is 0 Å². The van der Waals surface area contributed by atoms with E-state index in [2.05, 4.69) is 144 Å². The molecule has 10 atom stereocenters. The van der Waals surface area contributed by atoms with Gasteiger partial charge in [0.15, 0.2) is 0 Å². The highest BCUT2D eigenvalue weighted by Crippen LogP contribution is 2.64. The molecule has 5 fully saturated rings. The molecule has 6 heterocycles. The van der Waals surface area contributed by atoms with Gasteiger partial charge < -0.3 is 0 Å². The van der Waals surface area contributed by atoms with Crippen molar-refractivity contribution in [3.8, 4) is 0 Å². The number of aromatic nitrogens is 6. The van der Waals surface area contributed by atoms with Gasteiger partial charge in [-0.3, -0.25) is 4.98 Å². The molecule has 0 radical (unpaired) electrons. The highest BCUT2D eigenvalue weighted by atomic mass is 14.8. The summed E-state index contributed by atoms with van der Waals surface area (Å²) >= 11 is 0. The van der Waals surface area contributed by atoms with Gasteiger partial charge in [0.05, 0.1) is 44.5 Å². The molecule has 22 rings (SSSR count). The van der Waals surface area contributed by atoms with Gasteiger partial charge in [-0.05, 0) is 199 Å². The number of nitrogens with zero attached hydrogens (tertiary/aromatic N) is 6. The van der Waals surface area contributed by atoms with Crippen molar-refractivity contribution < 1.29 is 0 Å². The molecule has 0 N–H and O–H groups in total. The van der Waals surface area contributed by atoms with E-state index in [0.717, 1.165) is 74.5 Å². The highest BCUT2D eigenvalue weighted by Gasteiger charge is 2.55. The molecular weight excluding hydrogens is 937 g/mol. The Morgan fingerprint density at radius 3 is 1.12 bits per heavy atom. The summed E-state index contributed by atoms with van der Waals surface area (Å²) in [5, 5.41) is 7.37. The standard InChI is InChI=1S/C26H28N2.C26H24N2.C19H18N2/c1-25(2)17-9-15-7-13-5-6-14-8-16-10-18-12-20(26(18,3)4)22(16)28-24(14)23(13)27-21(15)19(25)11-17;1-3-19-11-15(1)13-21(19)23-9-7-17-5-6-18-8-10-24(28-26(18)25(17)27-23)22-14-16-2-4-20(22)12-16;1-19(2)14-9-13-8-12-6-5-11-4-3-7-20-17(11)18(12)21-16(13)15(19)10-14/h5-8,17-20H,9-12H2,1-4H3;5-10,13-16,19-20H,1-4,11-12H2;3-8,14-15H,9-10H2,1-2H3/t17-,18-,19-,20-;;14-,15-/m0.0/s1. The van der Waals surface area contributed by atoms with E-state index in [1.54, 1.807) is 0 Å². The quantitative estimate of drug-likeness (QED) is 0.161. The number of benzene rings is 3. The lowest BCUT2D eigenvalue weighted by Gasteiger charge is -2.56. The van der Waals surface area contributed by atoms with E-state index in [-0.39, 0.29) is 0 Å². The Hall–Kier alpha value is -6.40. The molecule has 384 valence electrons. The lowest BCUT2D eigenvalue weighted by Crippen LogP contribution is -2.48. The first-order valence-electron chi connectivity index (χ1n) is 29.9. The lowest BCUT2D eigenvalue weighted by molar-refractivity contribution is 0.0156. The number of fused-ring (bicyclic) bond motifs is 13. The third kappa shape index (κ3) is 6.60. The predicted molar refractivity (Wildman–Crippen MR) is 314 cm³/mol. The summed E-state index contributed by atoms with van der Waals surface area (Å²) in [5.41, 5.74) is 21.7. The van der Waals surface area contributed by atoms with Gasteiger partial charge in [0, 0.05) is 73.3 Å². The van der Waals surface area contributed by atoms with Crippen molar-refractivity contribution >= 4 is 76.6 Å². The summed E-state index contributed by atoms with van der Waals surface area (Å²) in [5.74, 6) is 7.45. The lowest BCUT2D eigenvalue weighted by atomic mass is 9.48. The molecule has 6 nitrogen and oxygen atoms in total. The fourth-order valence-electron chi connectivity index (χ4n) is 17.8. The van der Waals surface area contributed by atoms with Gasteiger partial charge in [0.1, 0.15) is 0 Å². The van der Waals surface area contributed by atoms with E-state index in [0.29, 0.717) is 34.0 Å². The van der Waals surface area contributed by atoms with Gasteiger partial charge in [-0.2, -0.15) is 0 Å². The van der Waals surface area contributed by atoms with E-state index in [1.165, 1.54) is 166 Å². The first kappa shape index (κ1) is 45.6. The zero-order chi connectivity index (χ0) is 51.4. The van der Waals surface area contributed by atoms with Crippen LogP contribution in [0.15, 0.2) is 109 Å². The minimum absolute atomic E-state index is 0.413. The van der Waals surface area contributed by atoms with Crippen molar-refractivity contribution in [1.29, 1.82) is 0 Å². The maximum absolute atomic E-state index is 5.32. The summed E-state index contributed by atoms with van der Waals surface area (Å²) in [7, 11) is 0. The number of rotatable bonds is 2. The Kier molecular flexibility index (Phi) is 9.41. The Morgan fingerprint density at radius 1 is 0.377 bits per heavy atom. The second kappa shape index (κ2) is 15.9. The molecule has 13 aliphatic carbocycles. The van der Waals surface area contributed by atoms with E-state index in [9.17, 15) is 0 Å². The first-order valence-corrected chi connectivity index (χ1v) is 29.9. The van der Waals surface area contributed by atoms with Crippen molar-refractivity contribution in [2.24, 2.45) is 57.7 Å². The van der Waals surface area contributed by atoms with E-state index >= 15 is 0 Å². The fraction of sp³-hybridized carbons (Fsp3) is 0.437. The maximum atomic E-state index is 5.32. The zero-order valence-electron chi connectivity index (χ0n) is 45.8. The van der Waals surface area contributed by atoms with Crippen molar-refractivity contribution in [1.82, 2.24) is 29.9 Å². The predicted octanol–water partition coefficient (Wildman–Crippen LogP) is 17.0. The SMILES string of the molecule is C1=C(c2ccc3ccc4ccc(C5=CC6CCC5C6)nc4c3n2)C2CCC1C2.CC1(C)[C@H]2Cc3cc4ccc5cc6c(nc5c4nc3[C@@H]1C2)[C@@H]1C[C@H](C6)C1(C)C.CC1(C)[C@H]2Cc3cc4ccc5cccnc5c4nc3[C@@H]1C2. The molecule has 5 saturated carbocycles. The molecule has 3 aromatic carbocycles. The molecule has 0 spiro atoms. The van der Waals surface area contributed by atoms with Crippen LogP contribution >= 0.6 is 0 Å². The Balaban J connectivity index is 0.0000000948. The van der Waals surface area contributed by atoms with Gasteiger partial charge in [-0.1, -0.05) is 108 Å². The molecule has 0 saturated heterocycles. The molecular formula is C71H70N6. The molecule has 6 heteroatoms. The summed E-state index contributed by atoms with van der Waals surface area (Å²) < 4.78 is 0. The van der Waals surface area contributed by atoms with Crippen LogP contribution in [0.25, 0.3) is 76.6 Å². The third-order valence-electron chi connectivity index (χ3n) is 23.2. The van der Waals surface area contributed by atoms with Crippen LogP contribution in [-0.4, -0.2) is 29.9 Å². The molecule has 13 aliphatic rings. The number of hydrogen-bond acceptors (Lipinski definition) is 6. The van der Waals surface area contributed by atoms with Crippen LogP contribution in [0.5, 0.6) is 0 Å². The van der Waals surface area contributed by atoms with Crippen LogP contribution in [0.2, 0.25) is 0 Å². The molecule has 0 aliphatic heterocycles. The van der Waals surface area contributed by atoms with Gasteiger partial charge in [-0.25, -0.2) is 24.9 Å².